The summed E-state index contributed by atoms with van der Waals surface area (Å²) >= 11 is 0. The maximum atomic E-state index is 12.8. The van der Waals surface area contributed by atoms with E-state index in [0.29, 0.717) is 12.4 Å². The lowest BCUT2D eigenvalue weighted by Gasteiger charge is -2.04. The van der Waals surface area contributed by atoms with E-state index in [-0.39, 0.29) is 0 Å². The minimum absolute atomic E-state index is 0.471. The van der Waals surface area contributed by atoms with Gasteiger partial charge >= 0.3 is 0 Å². The first-order valence-corrected chi connectivity index (χ1v) is 4.01. The fourth-order valence-electron chi connectivity index (χ4n) is 1.21. The smallest absolute Gasteiger partial charge is 0.155 e. The molecular formula is C8H14FN3. The summed E-state index contributed by atoms with van der Waals surface area (Å²) < 4.78 is 14.6. The largest absolute Gasteiger partial charge is 0.333 e. The average molecular weight is 171 g/mol. The Labute approximate surface area is 71.4 Å². The quantitative estimate of drug-likeness (QED) is 0.736. The molecule has 0 amide bonds. The SMILES string of the molecule is CC(F)c1ncc(CCN)n1C. The molecule has 0 saturated heterocycles. The molecule has 4 heteroatoms. The first-order valence-electron chi connectivity index (χ1n) is 4.01. The lowest BCUT2D eigenvalue weighted by atomic mass is 10.3. The second-order valence-electron chi connectivity index (χ2n) is 2.82. The van der Waals surface area contributed by atoms with Crippen LogP contribution in [0.1, 0.15) is 24.6 Å². The summed E-state index contributed by atoms with van der Waals surface area (Å²) in [5.74, 6) is 0.471. The zero-order valence-electron chi connectivity index (χ0n) is 7.42. The molecule has 0 bridgehead atoms. The Morgan fingerprint density at radius 2 is 2.42 bits per heavy atom. The van der Waals surface area contributed by atoms with Crippen LogP contribution < -0.4 is 5.73 Å². The van der Waals surface area contributed by atoms with Crippen molar-refractivity contribution in [2.24, 2.45) is 12.8 Å². The predicted octanol–water partition coefficient (Wildman–Crippen LogP) is 0.952. The number of hydrogen-bond acceptors (Lipinski definition) is 2. The van der Waals surface area contributed by atoms with Crippen molar-refractivity contribution < 1.29 is 4.39 Å². The number of imidazole rings is 1. The van der Waals surface area contributed by atoms with Crippen molar-refractivity contribution in [3.05, 3.63) is 17.7 Å². The molecule has 0 saturated carbocycles. The second kappa shape index (κ2) is 3.67. The Bertz CT molecular complexity index is 255. The standard InChI is InChI=1S/C8H14FN3/c1-6(9)8-11-5-7(3-4-10)12(8)2/h5-6H,3-4,10H2,1-2H3. The molecule has 1 aromatic rings. The molecule has 1 rings (SSSR count). The molecular weight excluding hydrogens is 157 g/mol. The third-order valence-corrected chi connectivity index (χ3v) is 1.88. The normalized spacial score (nSPS) is 13.3. The molecule has 1 atom stereocenters. The lowest BCUT2D eigenvalue weighted by Crippen LogP contribution is -2.08. The number of hydrogen-bond donors (Lipinski definition) is 1. The summed E-state index contributed by atoms with van der Waals surface area (Å²) in [5.41, 5.74) is 6.36. The van der Waals surface area contributed by atoms with Crippen LogP contribution in [0.4, 0.5) is 4.39 Å². The van der Waals surface area contributed by atoms with E-state index in [1.165, 1.54) is 6.92 Å². The summed E-state index contributed by atoms with van der Waals surface area (Å²) in [6, 6.07) is 0. The van der Waals surface area contributed by atoms with E-state index in [4.69, 9.17) is 5.73 Å². The van der Waals surface area contributed by atoms with Gasteiger partial charge in [-0.05, 0) is 13.5 Å². The molecule has 0 fully saturated rings. The predicted molar refractivity (Wildman–Crippen MR) is 45.5 cm³/mol. The third kappa shape index (κ3) is 1.64. The highest BCUT2D eigenvalue weighted by Gasteiger charge is 2.11. The van der Waals surface area contributed by atoms with Crippen LogP contribution in [0.3, 0.4) is 0 Å². The molecule has 1 unspecified atom stereocenters. The molecule has 0 aromatic carbocycles. The third-order valence-electron chi connectivity index (χ3n) is 1.88. The van der Waals surface area contributed by atoms with Gasteiger partial charge in [0.15, 0.2) is 6.17 Å². The van der Waals surface area contributed by atoms with Crippen molar-refractivity contribution in [3.63, 3.8) is 0 Å². The number of nitrogens with two attached hydrogens (primary N) is 1. The maximum Gasteiger partial charge on any atom is 0.155 e. The van der Waals surface area contributed by atoms with Crippen molar-refractivity contribution in [2.75, 3.05) is 6.54 Å². The highest BCUT2D eigenvalue weighted by molar-refractivity contribution is 5.06. The fourth-order valence-corrected chi connectivity index (χ4v) is 1.21. The molecule has 0 aliphatic rings. The van der Waals surface area contributed by atoms with E-state index in [0.717, 1.165) is 12.1 Å². The van der Waals surface area contributed by atoms with E-state index in [1.54, 1.807) is 10.8 Å². The molecule has 0 aliphatic carbocycles. The summed E-state index contributed by atoms with van der Waals surface area (Å²) in [6.45, 7) is 2.05. The average Bonchev–Trinajstić information content (AvgIpc) is 2.34. The Kier molecular flexibility index (Phi) is 2.81. The highest BCUT2D eigenvalue weighted by atomic mass is 19.1. The van der Waals surface area contributed by atoms with Gasteiger partial charge in [0, 0.05) is 25.4 Å². The van der Waals surface area contributed by atoms with Crippen molar-refractivity contribution in [1.82, 2.24) is 9.55 Å². The van der Waals surface area contributed by atoms with Crippen LogP contribution in [-0.2, 0) is 13.5 Å². The van der Waals surface area contributed by atoms with E-state index in [1.807, 2.05) is 7.05 Å². The molecule has 68 valence electrons. The van der Waals surface area contributed by atoms with Gasteiger partial charge in [0.1, 0.15) is 5.82 Å². The number of nitrogens with zero attached hydrogens (tertiary/aromatic N) is 2. The monoisotopic (exact) mass is 171 g/mol. The Morgan fingerprint density at radius 1 is 1.75 bits per heavy atom. The topological polar surface area (TPSA) is 43.8 Å². The molecule has 0 aliphatic heterocycles. The number of halogens is 1. The van der Waals surface area contributed by atoms with Crippen LogP contribution in [0.5, 0.6) is 0 Å². The maximum absolute atomic E-state index is 12.8. The van der Waals surface area contributed by atoms with Crippen LogP contribution in [0.15, 0.2) is 6.20 Å². The first kappa shape index (κ1) is 9.19. The van der Waals surface area contributed by atoms with Crippen molar-refractivity contribution in [2.45, 2.75) is 19.5 Å². The highest BCUT2D eigenvalue weighted by Crippen LogP contribution is 2.15. The molecule has 1 aromatic heterocycles. The summed E-state index contributed by atoms with van der Waals surface area (Å²) in [4.78, 5) is 3.97. The lowest BCUT2D eigenvalue weighted by molar-refractivity contribution is 0.348. The van der Waals surface area contributed by atoms with Gasteiger partial charge in [-0.1, -0.05) is 0 Å². The van der Waals surface area contributed by atoms with Gasteiger partial charge in [0.25, 0.3) is 0 Å². The Hall–Kier alpha value is -0.900. The fraction of sp³-hybridized carbons (Fsp3) is 0.625. The molecule has 2 N–H and O–H groups in total. The van der Waals surface area contributed by atoms with Gasteiger partial charge in [-0.3, -0.25) is 0 Å². The molecule has 1 heterocycles. The van der Waals surface area contributed by atoms with Crippen LogP contribution in [0, 0.1) is 0 Å². The number of rotatable bonds is 3. The molecule has 0 radical (unpaired) electrons. The second-order valence-corrected chi connectivity index (χ2v) is 2.82. The van der Waals surface area contributed by atoms with Crippen molar-refractivity contribution in [3.8, 4) is 0 Å². The first-order chi connectivity index (χ1) is 5.66. The Morgan fingerprint density at radius 3 is 2.83 bits per heavy atom. The van der Waals surface area contributed by atoms with Gasteiger partial charge in [-0.2, -0.15) is 0 Å². The van der Waals surface area contributed by atoms with Crippen LogP contribution in [0.25, 0.3) is 0 Å². The van der Waals surface area contributed by atoms with E-state index in [9.17, 15) is 4.39 Å². The summed E-state index contributed by atoms with van der Waals surface area (Å²) in [5, 5.41) is 0. The zero-order valence-corrected chi connectivity index (χ0v) is 7.42. The van der Waals surface area contributed by atoms with Crippen molar-refractivity contribution in [1.29, 1.82) is 0 Å². The molecule has 12 heavy (non-hydrogen) atoms. The Balaban J connectivity index is 2.88. The van der Waals surface area contributed by atoms with Gasteiger partial charge in [-0.15, -0.1) is 0 Å². The van der Waals surface area contributed by atoms with Gasteiger partial charge < -0.3 is 10.3 Å². The van der Waals surface area contributed by atoms with Crippen molar-refractivity contribution >= 4 is 0 Å². The minimum Gasteiger partial charge on any atom is -0.333 e. The van der Waals surface area contributed by atoms with Crippen LogP contribution in [0.2, 0.25) is 0 Å². The summed E-state index contributed by atoms with van der Waals surface area (Å²) in [7, 11) is 1.81. The number of alkyl halides is 1. The number of aromatic nitrogens is 2. The van der Waals surface area contributed by atoms with Gasteiger partial charge in [-0.25, -0.2) is 9.37 Å². The van der Waals surface area contributed by atoms with Gasteiger partial charge in [0.2, 0.25) is 0 Å². The van der Waals surface area contributed by atoms with E-state index < -0.39 is 6.17 Å². The van der Waals surface area contributed by atoms with Gasteiger partial charge in [0.05, 0.1) is 0 Å². The van der Waals surface area contributed by atoms with Crippen LogP contribution in [-0.4, -0.2) is 16.1 Å². The minimum atomic E-state index is -1.01. The van der Waals surface area contributed by atoms with Crippen LogP contribution >= 0.6 is 0 Å². The molecule has 3 nitrogen and oxygen atoms in total. The zero-order chi connectivity index (χ0) is 9.14. The van der Waals surface area contributed by atoms with E-state index in [2.05, 4.69) is 4.98 Å². The van der Waals surface area contributed by atoms with E-state index >= 15 is 0 Å². The molecule has 0 spiro atoms. The summed E-state index contributed by atoms with van der Waals surface area (Å²) in [6.07, 6.45) is 1.41.